The van der Waals surface area contributed by atoms with Crippen molar-refractivity contribution in [3.63, 3.8) is 0 Å². The van der Waals surface area contributed by atoms with Crippen molar-refractivity contribution in [2.75, 3.05) is 14.2 Å². The lowest BCUT2D eigenvalue weighted by atomic mass is 9.66. The molecule has 2 aliphatic carbocycles. The fraction of sp³-hybridized carbons (Fsp3) is 0.583. The van der Waals surface area contributed by atoms with Crippen molar-refractivity contribution in [1.29, 1.82) is 0 Å². The second kappa shape index (κ2) is 8.60. The Morgan fingerprint density at radius 1 is 1.03 bits per heavy atom. The number of allylic oxidation sites excluding steroid dienone is 2. The SMILES string of the molecule is COC(=O)[C@H]1CCC=C[C@H]1[C@H]1C(=O)N(C2CCCCC2)[C@H]1c1ccc(OC)cc1. The molecule has 156 valence electrons. The normalized spacial score (nSPS) is 30.0. The molecule has 4 rings (SSSR count). The van der Waals surface area contributed by atoms with Crippen molar-refractivity contribution in [1.82, 2.24) is 4.90 Å². The number of likely N-dealkylation sites (tertiary alicyclic amines) is 1. The molecule has 0 spiro atoms. The van der Waals surface area contributed by atoms with Gasteiger partial charge in [0.05, 0.1) is 32.1 Å². The first-order valence-electron chi connectivity index (χ1n) is 10.9. The Kier molecular flexibility index (Phi) is 5.93. The second-order valence-electron chi connectivity index (χ2n) is 8.49. The maximum absolute atomic E-state index is 13.4. The third-order valence-corrected chi connectivity index (χ3v) is 6.99. The smallest absolute Gasteiger partial charge is 0.309 e. The Morgan fingerprint density at radius 3 is 2.41 bits per heavy atom. The summed E-state index contributed by atoms with van der Waals surface area (Å²) in [4.78, 5) is 28.0. The lowest BCUT2D eigenvalue weighted by molar-refractivity contribution is -0.170. The summed E-state index contributed by atoms with van der Waals surface area (Å²) in [6, 6.07) is 8.38. The average molecular weight is 398 g/mol. The van der Waals surface area contributed by atoms with Crippen molar-refractivity contribution >= 4 is 11.9 Å². The van der Waals surface area contributed by atoms with E-state index in [4.69, 9.17) is 9.47 Å². The van der Waals surface area contributed by atoms with Crippen LogP contribution in [0, 0.1) is 17.8 Å². The first-order chi connectivity index (χ1) is 14.2. The summed E-state index contributed by atoms with van der Waals surface area (Å²) >= 11 is 0. The van der Waals surface area contributed by atoms with E-state index in [9.17, 15) is 9.59 Å². The van der Waals surface area contributed by atoms with Crippen LogP contribution in [-0.4, -0.2) is 37.0 Å². The van der Waals surface area contributed by atoms with Gasteiger partial charge in [-0.3, -0.25) is 9.59 Å². The molecule has 5 nitrogen and oxygen atoms in total. The molecule has 1 saturated carbocycles. The topological polar surface area (TPSA) is 55.8 Å². The van der Waals surface area contributed by atoms with E-state index in [-0.39, 0.29) is 35.7 Å². The van der Waals surface area contributed by atoms with Gasteiger partial charge in [-0.15, -0.1) is 0 Å². The molecule has 0 aromatic heterocycles. The van der Waals surface area contributed by atoms with Crippen molar-refractivity contribution in [2.24, 2.45) is 17.8 Å². The van der Waals surface area contributed by atoms with Crippen LogP contribution in [0.2, 0.25) is 0 Å². The minimum atomic E-state index is -0.242. The lowest BCUT2D eigenvalue weighted by Crippen LogP contribution is -2.62. The molecule has 1 aromatic carbocycles. The van der Waals surface area contributed by atoms with Gasteiger partial charge in [-0.1, -0.05) is 43.5 Å². The fourth-order valence-electron chi connectivity index (χ4n) is 5.50. The number of benzene rings is 1. The van der Waals surface area contributed by atoms with Crippen LogP contribution in [0.1, 0.15) is 56.6 Å². The van der Waals surface area contributed by atoms with E-state index in [2.05, 4.69) is 29.2 Å². The number of β-lactam (4-membered cyclic amide) rings is 1. The van der Waals surface area contributed by atoms with Crippen molar-refractivity contribution in [2.45, 2.75) is 57.0 Å². The van der Waals surface area contributed by atoms with E-state index in [1.807, 2.05) is 12.1 Å². The maximum Gasteiger partial charge on any atom is 0.309 e. The number of hydrogen-bond donors (Lipinski definition) is 0. The number of ether oxygens (including phenoxy) is 2. The first kappa shape index (κ1) is 20.0. The molecule has 0 bridgehead atoms. The predicted octanol–water partition coefficient (Wildman–Crippen LogP) is 4.28. The minimum Gasteiger partial charge on any atom is -0.497 e. The van der Waals surface area contributed by atoms with Gasteiger partial charge in [0, 0.05) is 12.0 Å². The van der Waals surface area contributed by atoms with E-state index < -0.39 is 0 Å². The van der Waals surface area contributed by atoms with Gasteiger partial charge in [-0.25, -0.2) is 0 Å². The molecule has 1 aromatic rings. The molecular formula is C24H31NO4. The summed E-state index contributed by atoms with van der Waals surface area (Å²) in [5, 5.41) is 0. The van der Waals surface area contributed by atoms with E-state index >= 15 is 0 Å². The average Bonchev–Trinajstić information content (AvgIpc) is 2.78. The highest BCUT2D eigenvalue weighted by Crippen LogP contribution is 2.51. The summed E-state index contributed by atoms with van der Waals surface area (Å²) in [5.74, 6) is 0.264. The maximum atomic E-state index is 13.4. The second-order valence-corrected chi connectivity index (χ2v) is 8.49. The van der Waals surface area contributed by atoms with Crippen LogP contribution < -0.4 is 4.74 Å². The number of carbonyl (C=O) groups excluding carboxylic acids is 2. The monoisotopic (exact) mass is 397 g/mol. The zero-order valence-corrected chi connectivity index (χ0v) is 17.4. The van der Waals surface area contributed by atoms with Crippen LogP contribution in [0.15, 0.2) is 36.4 Å². The molecule has 1 aliphatic heterocycles. The highest BCUT2D eigenvalue weighted by atomic mass is 16.5. The van der Waals surface area contributed by atoms with Crippen LogP contribution in [0.5, 0.6) is 5.75 Å². The van der Waals surface area contributed by atoms with Crippen LogP contribution in [0.4, 0.5) is 0 Å². The van der Waals surface area contributed by atoms with E-state index in [1.165, 1.54) is 26.4 Å². The highest BCUT2D eigenvalue weighted by Gasteiger charge is 2.55. The molecule has 1 heterocycles. The number of rotatable bonds is 5. The van der Waals surface area contributed by atoms with Gasteiger partial charge in [-0.2, -0.15) is 0 Å². The Morgan fingerprint density at radius 2 is 1.76 bits per heavy atom. The number of carbonyl (C=O) groups is 2. The number of nitrogens with zero attached hydrogens (tertiary/aromatic N) is 1. The molecule has 3 aliphatic rings. The predicted molar refractivity (Wildman–Crippen MR) is 110 cm³/mol. The van der Waals surface area contributed by atoms with Crippen LogP contribution in [0.3, 0.4) is 0 Å². The van der Waals surface area contributed by atoms with Crippen LogP contribution in [0.25, 0.3) is 0 Å². The van der Waals surface area contributed by atoms with E-state index in [1.54, 1.807) is 7.11 Å². The summed E-state index contributed by atoms with van der Waals surface area (Å²) in [6.45, 7) is 0. The quantitative estimate of drug-likeness (QED) is 0.423. The summed E-state index contributed by atoms with van der Waals surface area (Å²) in [7, 11) is 3.10. The molecule has 1 saturated heterocycles. The molecule has 0 unspecified atom stereocenters. The molecule has 0 radical (unpaired) electrons. The number of methoxy groups -OCH3 is 2. The summed E-state index contributed by atoms with van der Waals surface area (Å²) in [6.07, 6.45) is 11.6. The summed E-state index contributed by atoms with van der Waals surface area (Å²) in [5.41, 5.74) is 1.13. The van der Waals surface area contributed by atoms with Gasteiger partial charge in [0.15, 0.2) is 0 Å². The third-order valence-electron chi connectivity index (χ3n) is 6.99. The zero-order chi connectivity index (χ0) is 20.4. The molecule has 5 heteroatoms. The highest BCUT2D eigenvalue weighted by molar-refractivity contribution is 5.88. The van der Waals surface area contributed by atoms with Gasteiger partial charge in [0.25, 0.3) is 0 Å². The summed E-state index contributed by atoms with van der Waals surface area (Å²) < 4.78 is 10.4. The first-order valence-corrected chi connectivity index (χ1v) is 10.9. The van der Waals surface area contributed by atoms with Gasteiger partial charge >= 0.3 is 5.97 Å². The molecule has 1 amide bonds. The largest absolute Gasteiger partial charge is 0.497 e. The molecule has 4 atom stereocenters. The standard InChI is InChI=1S/C24H31NO4/c1-28-18-14-12-16(13-15-18)22-21(19-10-6-7-11-20(19)24(27)29-2)23(26)25(22)17-8-4-3-5-9-17/h6,10,12-15,17,19-22H,3-5,7-9,11H2,1-2H3/t19-,20+,21-,22+/m1/s1. The van der Waals surface area contributed by atoms with E-state index in [0.717, 1.165) is 37.0 Å². The lowest BCUT2D eigenvalue weighted by Gasteiger charge is -2.55. The van der Waals surface area contributed by atoms with Gasteiger partial charge in [-0.05, 0) is 43.4 Å². The van der Waals surface area contributed by atoms with Crippen molar-refractivity contribution < 1.29 is 19.1 Å². The number of esters is 1. The minimum absolute atomic E-state index is 0.0106. The Labute approximate surface area is 173 Å². The molecular weight excluding hydrogens is 366 g/mol. The van der Waals surface area contributed by atoms with Crippen LogP contribution >= 0.6 is 0 Å². The Balaban J connectivity index is 1.67. The third kappa shape index (κ3) is 3.67. The van der Waals surface area contributed by atoms with Gasteiger partial charge in [0.2, 0.25) is 5.91 Å². The zero-order valence-electron chi connectivity index (χ0n) is 17.4. The van der Waals surface area contributed by atoms with Gasteiger partial charge < -0.3 is 14.4 Å². The number of amides is 1. The van der Waals surface area contributed by atoms with E-state index in [0.29, 0.717) is 6.04 Å². The Hall–Kier alpha value is -2.30. The fourth-order valence-corrected chi connectivity index (χ4v) is 5.50. The number of hydrogen-bond acceptors (Lipinski definition) is 4. The van der Waals surface area contributed by atoms with Crippen LogP contribution in [-0.2, 0) is 14.3 Å². The molecule has 29 heavy (non-hydrogen) atoms. The molecule has 0 N–H and O–H groups in total. The van der Waals surface area contributed by atoms with Crippen molar-refractivity contribution in [3.8, 4) is 5.75 Å². The molecule has 2 fully saturated rings. The van der Waals surface area contributed by atoms with Crippen molar-refractivity contribution in [3.05, 3.63) is 42.0 Å². The Bertz CT molecular complexity index is 766. The van der Waals surface area contributed by atoms with Gasteiger partial charge in [0.1, 0.15) is 5.75 Å².